The monoisotopic (exact) mass is 580 g/mol. The molecule has 3 aromatic rings. The normalized spacial score (nSPS) is 13.4. The molecule has 0 bridgehead atoms. The van der Waals surface area contributed by atoms with Crippen LogP contribution < -0.4 is 14.8 Å². The van der Waals surface area contributed by atoms with Crippen LogP contribution in [-0.2, 0) is 17.8 Å². The quantitative estimate of drug-likeness (QED) is 0.294. The van der Waals surface area contributed by atoms with E-state index in [0.717, 1.165) is 37.3 Å². The highest BCUT2D eigenvalue weighted by atomic mass is 19.1. The number of aryl methyl sites for hydroxylation is 1. The summed E-state index contributed by atoms with van der Waals surface area (Å²) < 4.78 is 30.4. The lowest BCUT2D eigenvalue weighted by atomic mass is 10.1. The van der Waals surface area contributed by atoms with Crippen LogP contribution in [0.15, 0.2) is 59.0 Å². The second-order valence-electron chi connectivity index (χ2n) is 10.5. The molecular formula is C32H41FN4O5. The number of benzene rings is 2. The Morgan fingerprint density at radius 3 is 2.43 bits per heavy atom. The molecule has 9 nitrogen and oxygen atoms in total. The number of amides is 3. The molecule has 1 saturated heterocycles. The van der Waals surface area contributed by atoms with Crippen molar-refractivity contribution in [1.82, 2.24) is 14.7 Å². The first-order valence-electron chi connectivity index (χ1n) is 14.4. The van der Waals surface area contributed by atoms with E-state index in [1.165, 1.54) is 29.5 Å². The lowest BCUT2D eigenvalue weighted by Crippen LogP contribution is -2.47. The van der Waals surface area contributed by atoms with Crippen LogP contribution in [0.2, 0.25) is 0 Å². The zero-order valence-electron chi connectivity index (χ0n) is 24.7. The maximum Gasteiger partial charge on any atom is 0.322 e. The molecule has 1 aliphatic rings. The van der Waals surface area contributed by atoms with E-state index < -0.39 is 11.8 Å². The lowest BCUT2D eigenvalue weighted by molar-refractivity contribution is -0.132. The van der Waals surface area contributed by atoms with Gasteiger partial charge in [0.1, 0.15) is 23.9 Å². The third kappa shape index (κ3) is 8.97. The van der Waals surface area contributed by atoms with Crippen molar-refractivity contribution in [2.45, 2.75) is 39.2 Å². The average molecular weight is 581 g/mol. The molecule has 42 heavy (non-hydrogen) atoms. The van der Waals surface area contributed by atoms with Crippen molar-refractivity contribution < 1.29 is 27.9 Å². The Hall–Kier alpha value is -4.05. The molecule has 0 unspecified atom stereocenters. The van der Waals surface area contributed by atoms with Gasteiger partial charge in [-0.15, -0.1) is 0 Å². The number of urea groups is 1. The summed E-state index contributed by atoms with van der Waals surface area (Å²) in [6.45, 7) is 5.39. The van der Waals surface area contributed by atoms with Gasteiger partial charge >= 0.3 is 6.03 Å². The predicted octanol–water partition coefficient (Wildman–Crippen LogP) is 5.34. The van der Waals surface area contributed by atoms with Crippen molar-refractivity contribution in [3.05, 3.63) is 77.5 Å². The Kier molecular flexibility index (Phi) is 11.2. The fraction of sp³-hybridized carbons (Fsp3) is 0.438. The van der Waals surface area contributed by atoms with Crippen molar-refractivity contribution >= 4 is 17.6 Å². The molecule has 1 N–H and O–H groups in total. The minimum Gasteiger partial charge on any atom is -0.493 e. The maximum atomic E-state index is 13.8. The number of rotatable bonds is 13. The van der Waals surface area contributed by atoms with Gasteiger partial charge in [0.2, 0.25) is 5.91 Å². The van der Waals surface area contributed by atoms with Gasteiger partial charge in [-0.3, -0.25) is 4.79 Å². The number of likely N-dealkylation sites (tertiary alicyclic amines) is 1. The van der Waals surface area contributed by atoms with Crippen molar-refractivity contribution in [3.8, 4) is 11.5 Å². The van der Waals surface area contributed by atoms with Gasteiger partial charge in [-0.05, 0) is 87.3 Å². The van der Waals surface area contributed by atoms with E-state index in [1.54, 1.807) is 25.2 Å². The zero-order valence-corrected chi connectivity index (χ0v) is 24.7. The van der Waals surface area contributed by atoms with E-state index in [9.17, 15) is 14.0 Å². The van der Waals surface area contributed by atoms with Gasteiger partial charge in [-0.1, -0.05) is 18.6 Å². The van der Waals surface area contributed by atoms with Crippen molar-refractivity contribution in [2.24, 2.45) is 0 Å². The summed E-state index contributed by atoms with van der Waals surface area (Å²) >= 11 is 0. The minimum absolute atomic E-state index is 0.124. The van der Waals surface area contributed by atoms with Crippen LogP contribution in [0.5, 0.6) is 11.5 Å². The first-order valence-corrected chi connectivity index (χ1v) is 14.4. The molecule has 2 heterocycles. The van der Waals surface area contributed by atoms with Crippen LogP contribution in [0.4, 0.5) is 14.9 Å². The number of piperidine rings is 1. The second-order valence-corrected chi connectivity index (χ2v) is 10.5. The first kappa shape index (κ1) is 30.9. The summed E-state index contributed by atoms with van der Waals surface area (Å²) in [5, 5.41) is 2.76. The van der Waals surface area contributed by atoms with Crippen LogP contribution >= 0.6 is 0 Å². The fourth-order valence-electron chi connectivity index (χ4n) is 5.08. The number of hydrogen-bond donors (Lipinski definition) is 1. The highest BCUT2D eigenvalue weighted by Gasteiger charge is 2.24. The molecule has 0 spiro atoms. The topological polar surface area (TPSA) is 87.5 Å². The number of furan rings is 1. The van der Waals surface area contributed by atoms with Gasteiger partial charge in [-0.2, -0.15) is 0 Å². The summed E-state index contributed by atoms with van der Waals surface area (Å²) in [5.74, 6) is 2.02. The number of anilines is 1. The number of ether oxygens (including phenoxy) is 2. The Balaban J connectivity index is 1.50. The van der Waals surface area contributed by atoms with E-state index in [4.69, 9.17) is 13.9 Å². The summed E-state index contributed by atoms with van der Waals surface area (Å²) in [6, 6.07) is 14.7. The van der Waals surface area contributed by atoms with Gasteiger partial charge < -0.3 is 33.9 Å². The molecule has 4 rings (SSSR count). The summed E-state index contributed by atoms with van der Waals surface area (Å²) in [5.41, 5.74) is 1.32. The average Bonchev–Trinajstić information content (AvgIpc) is 3.41. The predicted molar refractivity (Wildman–Crippen MR) is 159 cm³/mol. The number of carbonyl (C=O) groups excluding carboxylic acids is 2. The Labute approximate surface area is 247 Å². The standard InChI is InChI=1S/C32H41FN4O5/c1-24-10-12-28(42-24)22-36(17-14-25-11-13-29(40-2)30(20-25)41-3)31(38)23-37(19-18-35-15-5-4-6-16-35)32(39)34-27-9-7-8-26(33)21-27/h7-13,20-21H,4-6,14-19,22-23H2,1-3H3,(H,34,39). The number of hydrogen-bond acceptors (Lipinski definition) is 6. The van der Waals surface area contributed by atoms with Crippen molar-refractivity contribution in [3.63, 3.8) is 0 Å². The number of nitrogens with one attached hydrogen (secondary N) is 1. The van der Waals surface area contributed by atoms with E-state index in [-0.39, 0.29) is 19.0 Å². The van der Waals surface area contributed by atoms with Crippen LogP contribution in [0.25, 0.3) is 0 Å². The molecule has 1 fully saturated rings. The third-order valence-electron chi connectivity index (χ3n) is 7.44. The highest BCUT2D eigenvalue weighted by Crippen LogP contribution is 2.28. The third-order valence-corrected chi connectivity index (χ3v) is 7.44. The van der Waals surface area contributed by atoms with Gasteiger partial charge in [0, 0.05) is 25.3 Å². The van der Waals surface area contributed by atoms with Gasteiger partial charge in [0.15, 0.2) is 11.5 Å². The van der Waals surface area contributed by atoms with Gasteiger partial charge in [0.25, 0.3) is 0 Å². The van der Waals surface area contributed by atoms with E-state index in [2.05, 4.69) is 10.2 Å². The molecule has 1 aromatic heterocycles. The van der Waals surface area contributed by atoms with Crippen molar-refractivity contribution in [2.75, 3.05) is 58.8 Å². The molecule has 3 amide bonds. The van der Waals surface area contributed by atoms with Crippen molar-refractivity contribution in [1.29, 1.82) is 0 Å². The molecule has 10 heteroatoms. The highest BCUT2D eigenvalue weighted by molar-refractivity contribution is 5.92. The Morgan fingerprint density at radius 1 is 0.952 bits per heavy atom. The molecular weight excluding hydrogens is 539 g/mol. The Morgan fingerprint density at radius 2 is 1.74 bits per heavy atom. The zero-order chi connectivity index (χ0) is 29.9. The summed E-state index contributed by atoms with van der Waals surface area (Å²) in [7, 11) is 3.18. The number of nitrogens with zero attached hydrogens (tertiary/aromatic N) is 3. The Bertz CT molecular complexity index is 1320. The van der Waals surface area contributed by atoms with E-state index in [1.807, 2.05) is 37.3 Å². The molecule has 1 aliphatic heterocycles. The number of carbonyl (C=O) groups is 2. The summed E-state index contributed by atoms with van der Waals surface area (Å²) in [4.78, 5) is 32.7. The van der Waals surface area contributed by atoms with E-state index in [0.29, 0.717) is 49.0 Å². The smallest absolute Gasteiger partial charge is 0.322 e. The molecule has 0 radical (unpaired) electrons. The molecule has 0 aliphatic carbocycles. The van der Waals surface area contributed by atoms with Gasteiger partial charge in [-0.25, -0.2) is 9.18 Å². The number of methoxy groups -OCH3 is 2. The minimum atomic E-state index is -0.446. The first-order chi connectivity index (χ1) is 20.3. The molecule has 2 aromatic carbocycles. The maximum absolute atomic E-state index is 13.8. The molecule has 226 valence electrons. The largest absolute Gasteiger partial charge is 0.493 e. The lowest BCUT2D eigenvalue weighted by Gasteiger charge is -2.31. The SMILES string of the molecule is COc1ccc(CCN(Cc2ccc(C)o2)C(=O)CN(CCN2CCCCC2)C(=O)Nc2cccc(F)c2)cc1OC. The molecule has 0 atom stereocenters. The van der Waals surface area contributed by atoms with Gasteiger partial charge in [0.05, 0.1) is 20.8 Å². The summed E-state index contributed by atoms with van der Waals surface area (Å²) in [6.07, 6.45) is 4.02. The van der Waals surface area contributed by atoms with Crippen LogP contribution in [0, 0.1) is 12.7 Å². The molecule has 0 saturated carbocycles. The second kappa shape index (κ2) is 15.3. The van der Waals surface area contributed by atoms with Crippen LogP contribution in [0.1, 0.15) is 36.3 Å². The fourth-order valence-corrected chi connectivity index (χ4v) is 5.08. The van der Waals surface area contributed by atoms with Crippen LogP contribution in [0.3, 0.4) is 0 Å². The van der Waals surface area contributed by atoms with E-state index >= 15 is 0 Å². The number of halogens is 1. The van der Waals surface area contributed by atoms with Crippen LogP contribution in [-0.4, -0.2) is 80.1 Å².